The number of carbonyl (C=O) groups is 1. The van der Waals surface area contributed by atoms with Crippen molar-refractivity contribution in [2.45, 2.75) is 13.1 Å². The Hall–Kier alpha value is -1.52. The predicted octanol–water partition coefficient (Wildman–Crippen LogP) is 2.80. The zero-order chi connectivity index (χ0) is 11.6. The average Bonchev–Trinajstić information content (AvgIpc) is 2.14. The maximum Gasteiger partial charge on any atom is 0.416 e. The van der Waals surface area contributed by atoms with Gasteiger partial charge in [0.25, 0.3) is 0 Å². The summed E-state index contributed by atoms with van der Waals surface area (Å²) >= 11 is 0. The van der Waals surface area contributed by atoms with Gasteiger partial charge in [-0.15, -0.1) is 0 Å². The van der Waals surface area contributed by atoms with Crippen LogP contribution in [0.5, 0.6) is 0 Å². The third-order valence-corrected chi connectivity index (χ3v) is 1.95. The molecule has 2 nitrogen and oxygen atoms in total. The molecule has 0 saturated heterocycles. The highest BCUT2D eigenvalue weighted by Crippen LogP contribution is 2.32. The highest BCUT2D eigenvalue weighted by atomic mass is 19.4. The topological polar surface area (TPSA) is 26.3 Å². The van der Waals surface area contributed by atoms with Crippen molar-refractivity contribution < 1.29 is 22.7 Å². The first-order chi connectivity index (χ1) is 6.86. The van der Waals surface area contributed by atoms with Crippen LogP contribution in [0.2, 0.25) is 0 Å². The summed E-state index contributed by atoms with van der Waals surface area (Å²) in [6.45, 7) is 1.30. The molecular formula is C10H9F3O2. The van der Waals surface area contributed by atoms with Crippen molar-refractivity contribution in [3.63, 3.8) is 0 Å². The van der Waals surface area contributed by atoms with Gasteiger partial charge >= 0.3 is 12.1 Å². The lowest BCUT2D eigenvalue weighted by atomic mass is 10.0. The van der Waals surface area contributed by atoms with Crippen LogP contribution in [0.4, 0.5) is 13.2 Å². The van der Waals surface area contributed by atoms with Crippen LogP contribution in [0.15, 0.2) is 18.2 Å². The van der Waals surface area contributed by atoms with Crippen LogP contribution < -0.4 is 0 Å². The largest absolute Gasteiger partial charge is 0.465 e. The van der Waals surface area contributed by atoms with Gasteiger partial charge in [0, 0.05) is 0 Å². The highest BCUT2D eigenvalue weighted by molar-refractivity contribution is 5.89. The van der Waals surface area contributed by atoms with Crippen LogP contribution in [0.3, 0.4) is 0 Å². The maximum atomic E-state index is 12.3. The average molecular weight is 218 g/mol. The Morgan fingerprint density at radius 3 is 2.33 bits per heavy atom. The SMILES string of the molecule is COC(=O)c1ccc(C(F)(F)F)c(C)c1. The molecule has 5 heteroatoms. The van der Waals surface area contributed by atoms with Gasteiger partial charge in [-0.3, -0.25) is 0 Å². The second kappa shape index (κ2) is 3.92. The summed E-state index contributed by atoms with van der Waals surface area (Å²) in [5.41, 5.74) is -0.622. The van der Waals surface area contributed by atoms with Gasteiger partial charge in [0.2, 0.25) is 0 Å². The van der Waals surface area contributed by atoms with E-state index in [9.17, 15) is 18.0 Å². The van der Waals surface area contributed by atoms with Crippen LogP contribution in [0, 0.1) is 6.92 Å². The van der Waals surface area contributed by atoms with Gasteiger partial charge < -0.3 is 4.74 Å². The molecule has 0 atom stereocenters. The Morgan fingerprint density at radius 1 is 1.33 bits per heavy atom. The number of alkyl halides is 3. The molecule has 0 amide bonds. The lowest BCUT2D eigenvalue weighted by molar-refractivity contribution is -0.138. The minimum Gasteiger partial charge on any atom is -0.465 e. The van der Waals surface area contributed by atoms with E-state index in [1.165, 1.54) is 14.0 Å². The molecule has 0 aromatic heterocycles. The summed E-state index contributed by atoms with van der Waals surface area (Å²) in [5, 5.41) is 0. The molecular weight excluding hydrogens is 209 g/mol. The fourth-order valence-corrected chi connectivity index (χ4v) is 1.23. The van der Waals surface area contributed by atoms with E-state index in [1.807, 2.05) is 0 Å². The molecule has 0 unspecified atom stereocenters. The molecule has 0 spiro atoms. The molecule has 1 aromatic carbocycles. The Kier molecular flexibility index (Phi) is 3.02. The Bertz CT molecular complexity index is 383. The molecule has 0 aliphatic rings. The number of methoxy groups -OCH3 is 1. The normalized spacial score (nSPS) is 11.3. The summed E-state index contributed by atoms with van der Waals surface area (Å²) in [5.74, 6) is -0.646. The number of esters is 1. The van der Waals surface area contributed by atoms with Crippen LogP contribution in [0.1, 0.15) is 21.5 Å². The van der Waals surface area contributed by atoms with Crippen LogP contribution >= 0.6 is 0 Å². The first kappa shape index (κ1) is 11.6. The van der Waals surface area contributed by atoms with E-state index in [2.05, 4.69) is 4.74 Å². The van der Waals surface area contributed by atoms with Gasteiger partial charge in [-0.2, -0.15) is 13.2 Å². The third kappa shape index (κ3) is 2.49. The number of carbonyl (C=O) groups excluding carboxylic acids is 1. The van der Waals surface area contributed by atoms with Crippen molar-refractivity contribution in [3.05, 3.63) is 34.9 Å². The van der Waals surface area contributed by atoms with E-state index in [4.69, 9.17) is 0 Å². The van der Waals surface area contributed by atoms with E-state index < -0.39 is 17.7 Å². The Balaban J connectivity index is 3.15. The van der Waals surface area contributed by atoms with Gasteiger partial charge in [0.05, 0.1) is 18.2 Å². The maximum absolute atomic E-state index is 12.3. The number of ether oxygens (including phenoxy) is 1. The summed E-state index contributed by atoms with van der Waals surface area (Å²) in [6, 6.07) is 3.14. The molecule has 0 bridgehead atoms. The van der Waals surface area contributed by atoms with Crippen LogP contribution in [-0.2, 0) is 10.9 Å². The highest BCUT2D eigenvalue weighted by Gasteiger charge is 2.32. The quantitative estimate of drug-likeness (QED) is 0.677. The van der Waals surface area contributed by atoms with Crippen molar-refractivity contribution in [2.75, 3.05) is 7.11 Å². The second-order valence-corrected chi connectivity index (χ2v) is 3.02. The zero-order valence-electron chi connectivity index (χ0n) is 8.18. The molecule has 0 aliphatic heterocycles. The summed E-state index contributed by atoms with van der Waals surface area (Å²) in [6.07, 6.45) is -4.39. The van der Waals surface area contributed by atoms with Crippen molar-refractivity contribution in [1.82, 2.24) is 0 Å². The molecule has 0 fully saturated rings. The molecule has 0 N–H and O–H groups in total. The third-order valence-electron chi connectivity index (χ3n) is 1.95. The van der Waals surface area contributed by atoms with Crippen LogP contribution in [-0.4, -0.2) is 13.1 Å². The van der Waals surface area contributed by atoms with E-state index in [1.54, 1.807) is 0 Å². The number of hydrogen-bond donors (Lipinski definition) is 0. The van der Waals surface area contributed by atoms with Gasteiger partial charge in [0.15, 0.2) is 0 Å². The number of halogens is 3. The van der Waals surface area contributed by atoms with Crippen molar-refractivity contribution >= 4 is 5.97 Å². The van der Waals surface area contributed by atoms with Crippen molar-refractivity contribution in [1.29, 1.82) is 0 Å². The summed E-state index contributed by atoms with van der Waals surface area (Å²) < 4.78 is 41.4. The molecule has 0 radical (unpaired) electrons. The van der Waals surface area contributed by atoms with Gasteiger partial charge in [-0.05, 0) is 30.7 Å². The summed E-state index contributed by atoms with van der Waals surface area (Å²) in [4.78, 5) is 11.0. The molecule has 82 valence electrons. The van der Waals surface area contributed by atoms with Gasteiger partial charge in [-0.1, -0.05) is 0 Å². The van der Waals surface area contributed by atoms with E-state index in [0.717, 1.165) is 18.2 Å². The van der Waals surface area contributed by atoms with Gasteiger partial charge in [0.1, 0.15) is 0 Å². The number of hydrogen-bond acceptors (Lipinski definition) is 2. The van der Waals surface area contributed by atoms with Crippen molar-refractivity contribution in [2.24, 2.45) is 0 Å². The predicted molar refractivity (Wildman–Crippen MR) is 47.5 cm³/mol. The second-order valence-electron chi connectivity index (χ2n) is 3.02. The summed E-state index contributed by atoms with van der Waals surface area (Å²) in [7, 11) is 1.18. The van der Waals surface area contributed by atoms with E-state index in [0.29, 0.717) is 0 Å². The molecule has 1 aromatic rings. The minimum atomic E-state index is -4.39. The molecule has 0 heterocycles. The first-order valence-corrected chi connectivity index (χ1v) is 4.12. The molecule has 15 heavy (non-hydrogen) atoms. The Labute approximate surface area is 84.7 Å². The number of rotatable bonds is 1. The molecule has 0 aliphatic carbocycles. The van der Waals surface area contributed by atoms with Crippen molar-refractivity contribution in [3.8, 4) is 0 Å². The fraction of sp³-hybridized carbons (Fsp3) is 0.300. The van der Waals surface area contributed by atoms with E-state index >= 15 is 0 Å². The molecule has 1 rings (SSSR count). The fourth-order valence-electron chi connectivity index (χ4n) is 1.23. The monoisotopic (exact) mass is 218 g/mol. The zero-order valence-corrected chi connectivity index (χ0v) is 8.18. The Morgan fingerprint density at radius 2 is 1.93 bits per heavy atom. The first-order valence-electron chi connectivity index (χ1n) is 4.12. The van der Waals surface area contributed by atoms with Crippen LogP contribution in [0.25, 0.3) is 0 Å². The van der Waals surface area contributed by atoms with Gasteiger partial charge in [-0.25, -0.2) is 4.79 Å². The standard InChI is InChI=1S/C10H9F3O2/c1-6-5-7(9(14)15-2)3-4-8(6)10(11,12)13/h3-5H,1-2H3. The number of benzene rings is 1. The van der Waals surface area contributed by atoms with E-state index in [-0.39, 0.29) is 11.1 Å². The smallest absolute Gasteiger partial charge is 0.416 e. The minimum absolute atomic E-state index is 0.00500. The lowest BCUT2D eigenvalue weighted by Crippen LogP contribution is -2.09. The molecule has 0 saturated carbocycles. The lowest BCUT2D eigenvalue weighted by Gasteiger charge is -2.10. The number of aryl methyl sites for hydroxylation is 1.